The zero-order valence-electron chi connectivity index (χ0n) is 13.8. The number of nitrogens with two attached hydrogens (primary N) is 2. The molecule has 5 N–H and O–H groups in total. The van der Waals surface area contributed by atoms with Crippen molar-refractivity contribution in [3.8, 4) is 11.3 Å². The summed E-state index contributed by atoms with van der Waals surface area (Å²) in [5, 5.41) is 3.24. The molecule has 26 heavy (non-hydrogen) atoms. The minimum atomic E-state index is -1.23. The molecule has 0 saturated heterocycles. The molecule has 0 aliphatic carbocycles. The number of aryl methyl sites for hydroxylation is 1. The highest BCUT2D eigenvalue weighted by atomic mass is 32.1. The molecular weight excluding hydrogens is 361 g/mol. The summed E-state index contributed by atoms with van der Waals surface area (Å²) in [7, 11) is 1.64. The molecule has 2 heterocycles. The van der Waals surface area contributed by atoms with E-state index in [4.69, 9.17) is 11.5 Å². The summed E-state index contributed by atoms with van der Waals surface area (Å²) in [4.78, 5) is 32.0. The SMILES string of the molecule is CNc1nc(-c2ccc(F)c(C)c2)c2c(N)c(C(=O)OC(N)=O)sc2n1. The number of primary amides is 1. The number of halogens is 1. The molecule has 1 aromatic carbocycles. The van der Waals surface area contributed by atoms with Gasteiger partial charge in [0.15, 0.2) is 0 Å². The van der Waals surface area contributed by atoms with Crippen molar-refractivity contribution in [2.24, 2.45) is 5.73 Å². The number of rotatable bonds is 3. The van der Waals surface area contributed by atoms with Crippen molar-refractivity contribution in [2.75, 3.05) is 18.1 Å². The maximum absolute atomic E-state index is 13.6. The number of carbonyl (C=O) groups is 2. The zero-order valence-corrected chi connectivity index (χ0v) is 14.6. The first kappa shape index (κ1) is 17.5. The Morgan fingerprint density at radius 3 is 2.65 bits per heavy atom. The lowest BCUT2D eigenvalue weighted by Gasteiger charge is -2.08. The molecule has 0 saturated carbocycles. The van der Waals surface area contributed by atoms with Gasteiger partial charge in [-0.15, -0.1) is 11.3 Å². The van der Waals surface area contributed by atoms with E-state index in [0.29, 0.717) is 33.0 Å². The van der Waals surface area contributed by atoms with Gasteiger partial charge in [-0.25, -0.2) is 23.9 Å². The first-order valence-electron chi connectivity index (χ1n) is 7.37. The minimum Gasteiger partial charge on any atom is -0.397 e. The lowest BCUT2D eigenvalue weighted by molar-refractivity contribution is 0.0644. The molecule has 0 aliphatic heterocycles. The molecule has 0 atom stereocenters. The number of anilines is 2. The van der Waals surface area contributed by atoms with Crippen LogP contribution in [0, 0.1) is 12.7 Å². The van der Waals surface area contributed by atoms with Crippen LogP contribution < -0.4 is 16.8 Å². The van der Waals surface area contributed by atoms with Crippen LogP contribution in [0.4, 0.5) is 20.8 Å². The second kappa shape index (κ2) is 6.56. The van der Waals surface area contributed by atoms with Gasteiger partial charge in [0.25, 0.3) is 0 Å². The van der Waals surface area contributed by atoms with Gasteiger partial charge in [0.2, 0.25) is 5.95 Å². The Bertz CT molecular complexity index is 1050. The summed E-state index contributed by atoms with van der Waals surface area (Å²) in [5.74, 6) is -1.02. The van der Waals surface area contributed by atoms with Gasteiger partial charge < -0.3 is 21.5 Å². The first-order chi connectivity index (χ1) is 12.3. The van der Waals surface area contributed by atoms with Gasteiger partial charge in [0.05, 0.1) is 16.8 Å². The monoisotopic (exact) mass is 375 g/mol. The van der Waals surface area contributed by atoms with Gasteiger partial charge in [-0.3, -0.25) is 0 Å². The first-order valence-corrected chi connectivity index (χ1v) is 8.19. The molecule has 0 spiro atoms. The third-order valence-electron chi connectivity index (χ3n) is 3.62. The number of hydrogen-bond donors (Lipinski definition) is 3. The van der Waals surface area contributed by atoms with Gasteiger partial charge in [-0.05, 0) is 30.7 Å². The predicted octanol–water partition coefficient (Wildman–Crippen LogP) is 2.67. The average molecular weight is 375 g/mol. The van der Waals surface area contributed by atoms with Crippen LogP contribution in [0.3, 0.4) is 0 Å². The van der Waals surface area contributed by atoms with Crippen molar-refractivity contribution in [2.45, 2.75) is 6.92 Å². The molecule has 0 radical (unpaired) electrons. The molecule has 2 aromatic heterocycles. The molecular formula is C16H14FN5O3S. The van der Waals surface area contributed by atoms with E-state index >= 15 is 0 Å². The normalized spacial score (nSPS) is 10.7. The number of aromatic nitrogens is 2. The lowest BCUT2D eigenvalue weighted by Crippen LogP contribution is -2.18. The van der Waals surface area contributed by atoms with Gasteiger partial charge in [0, 0.05) is 12.6 Å². The van der Waals surface area contributed by atoms with Crippen LogP contribution in [-0.2, 0) is 4.74 Å². The maximum Gasteiger partial charge on any atom is 0.412 e. The van der Waals surface area contributed by atoms with Crippen molar-refractivity contribution in [1.29, 1.82) is 0 Å². The standard InChI is InChI=1S/C16H14FN5O3S/c1-6-5-7(3-4-8(6)17)11-9-10(18)12(14(23)25-15(19)24)26-13(9)22-16(20-2)21-11/h3-5H,18H2,1-2H3,(H2,19,24)(H,20,21,22). The van der Waals surface area contributed by atoms with E-state index in [2.05, 4.69) is 20.0 Å². The number of ether oxygens (including phenoxy) is 1. The highest BCUT2D eigenvalue weighted by molar-refractivity contribution is 7.21. The molecule has 8 nitrogen and oxygen atoms in total. The summed E-state index contributed by atoms with van der Waals surface area (Å²) >= 11 is 0.947. The van der Waals surface area contributed by atoms with Crippen molar-refractivity contribution >= 4 is 45.3 Å². The number of carbonyl (C=O) groups excluding carboxylic acids is 2. The molecule has 0 aliphatic rings. The Morgan fingerprint density at radius 2 is 2.04 bits per heavy atom. The number of hydrogen-bond acceptors (Lipinski definition) is 8. The molecule has 134 valence electrons. The fourth-order valence-corrected chi connectivity index (χ4v) is 3.40. The highest BCUT2D eigenvalue weighted by Crippen LogP contribution is 2.39. The molecule has 0 fully saturated rings. The van der Waals surface area contributed by atoms with Crippen LogP contribution in [0.2, 0.25) is 0 Å². The van der Waals surface area contributed by atoms with Gasteiger partial charge in [-0.2, -0.15) is 0 Å². The number of amides is 1. The lowest BCUT2D eigenvalue weighted by atomic mass is 10.1. The molecule has 0 bridgehead atoms. The van der Waals surface area contributed by atoms with E-state index in [1.807, 2.05) is 0 Å². The Kier molecular flexibility index (Phi) is 4.43. The van der Waals surface area contributed by atoms with Gasteiger partial charge in [-0.1, -0.05) is 0 Å². The van der Waals surface area contributed by atoms with Crippen molar-refractivity contribution in [3.05, 3.63) is 34.5 Å². The number of esters is 1. The average Bonchev–Trinajstić information content (AvgIpc) is 2.93. The number of nitrogens with one attached hydrogen (secondary N) is 1. The Balaban J connectivity index is 2.27. The second-order valence-corrected chi connectivity index (χ2v) is 6.34. The van der Waals surface area contributed by atoms with E-state index < -0.39 is 12.1 Å². The summed E-state index contributed by atoms with van der Waals surface area (Å²) < 4.78 is 18.0. The second-order valence-electron chi connectivity index (χ2n) is 5.34. The molecule has 10 heteroatoms. The topological polar surface area (TPSA) is 133 Å². The number of fused-ring (bicyclic) bond motifs is 1. The fraction of sp³-hybridized carbons (Fsp3) is 0.125. The summed E-state index contributed by atoms with van der Waals surface area (Å²) in [6.45, 7) is 1.63. The molecule has 3 aromatic rings. The smallest absolute Gasteiger partial charge is 0.397 e. The third kappa shape index (κ3) is 3.02. The largest absolute Gasteiger partial charge is 0.412 e. The maximum atomic E-state index is 13.6. The molecule has 1 amide bonds. The predicted molar refractivity (Wildman–Crippen MR) is 96.5 cm³/mol. The third-order valence-corrected chi connectivity index (χ3v) is 4.70. The Morgan fingerprint density at radius 1 is 1.31 bits per heavy atom. The summed E-state index contributed by atoms with van der Waals surface area (Å²) in [5.41, 5.74) is 12.5. The number of nitrogen functional groups attached to an aromatic ring is 1. The van der Waals surface area contributed by atoms with Crippen molar-refractivity contribution in [3.63, 3.8) is 0 Å². The van der Waals surface area contributed by atoms with E-state index in [-0.39, 0.29) is 16.4 Å². The van der Waals surface area contributed by atoms with Crippen LogP contribution in [0.25, 0.3) is 21.5 Å². The Labute approximate surface area is 151 Å². The van der Waals surface area contributed by atoms with Crippen LogP contribution in [0.5, 0.6) is 0 Å². The Hall–Kier alpha value is -3.27. The number of benzene rings is 1. The van der Waals surface area contributed by atoms with Crippen LogP contribution in [0.15, 0.2) is 18.2 Å². The summed E-state index contributed by atoms with van der Waals surface area (Å²) in [6.07, 6.45) is -1.23. The fourth-order valence-electron chi connectivity index (χ4n) is 2.42. The summed E-state index contributed by atoms with van der Waals surface area (Å²) in [6, 6.07) is 4.50. The van der Waals surface area contributed by atoms with E-state index in [1.54, 1.807) is 26.1 Å². The number of nitrogens with zero attached hydrogens (tertiary/aromatic N) is 2. The van der Waals surface area contributed by atoms with E-state index in [0.717, 1.165) is 11.3 Å². The minimum absolute atomic E-state index is 0.0126. The van der Waals surface area contributed by atoms with Crippen LogP contribution in [-0.4, -0.2) is 29.1 Å². The molecule has 3 rings (SSSR count). The van der Waals surface area contributed by atoms with Crippen LogP contribution >= 0.6 is 11.3 Å². The van der Waals surface area contributed by atoms with Gasteiger partial charge in [0.1, 0.15) is 15.5 Å². The molecule has 0 unspecified atom stereocenters. The highest BCUT2D eigenvalue weighted by Gasteiger charge is 2.24. The van der Waals surface area contributed by atoms with E-state index in [1.165, 1.54) is 6.07 Å². The van der Waals surface area contributed by atoms with Crippen molar-refractivity contribution in [1.82, 2.24) is 9.97 Å². The van der Waals surface area contributed by atoms with E-state index in [9.17, 15) is 14.0 Å². The van der Waals surface area contributed by atoms with Gasteiger partial charge >= 0.3 is 12.1 Å². The quantitative estimate of drug-likeness (QED) is 0.473. The van der Waals surface area contributed by atoms with Crippen LogP contribution in [0.1, 0.15) is 15.2 Å². The zero-order chi connectivity index (χ0) is 19.0. The van der Waals surface area contributed by atoms with Crippen molar-refractivity contribution < 1.29 is 18.7 Å². The number of thiophene rings is 1.